The van der Waals surface area contributed by atoms with Gasteiger partial charge in [-0.25, -0.2) is 14.4 Å². The van der Waals surface area contributed by atoms with Crippen LogP contribution in [0.25, 0.3) is 0 Å². The Labute approximate surface area is 180 Å². The zero-order chi connectivity index (χ0) is 21.8. The van der Waals surface area contributed by atoms with Gasteiger partial charge in [-0.15, -0.1) is 0 Å². The lowest BCUT2D eigenvalue weighted by Crippen LogP contribution is -2.43. The SMILES string of the molecule is NC(=O)c1cc(F)c(N[C@@H]2CCCC[C@@H]2N)nc1Nc1ccc(N2CCOCC2)nc1. The summed E-state index contributed by atoms with van der Waals surface area (Å²) < 4.78 is 20.0. The summed E-state index contributed by atoms with van der Waals surface area (Å²) in [6.45, 7) is 2.90. The molecule has 0 radical (unpaired) electrons. The number of nitrogens with one attached hydrogen (secondary N) is 2. The van der Waals surface area contributed by atoms with Crippen molar-refractivity contribution in [1.29, 1.82) is 0 Å². The van der Waals surface area contributed by atoms with Crippen LogP contribution in [0.4, 0.5) is 27.5 Å². The highest BCUT2D eigenvalue weighted by molar-refractivity contribution is 5.98. The zero-order valence-electron chi connectivity index (χ0n) is 17.3. The van der Waals surface area contributed by atoms with E-state index in [2.05, 4.69) is 25.5 Å². The van der Waals surface area contributed by atoms with Gasteiger partial charge in [0.2, 0.25) is 0 Å². The van der Waals surface area contributed by atoms with E-state index in [1.54, 1.807) is 6.20 Å². The summed E-state index contributed by atoms with van der Waals surface area (Å²) in [6, 6.07) is 4.67. The molecular formula is C21H28FN7O2. The molecule has 10 heteroatoms. The van der Waals surface area contributed by atoms with Crippen LogP contribution in [0.3, 0.4) is 0 Å². The van der Waals surface area contributed by atoms with Crippen LogP contribution in [-0.2, 0) is 4.74 Å². The highest BCUT2D eigenvalue weighted by Gasteiger charge is 2.24. The second kappa shape index (κ2) is 9.44. The number of nitrogens with zero attached hydrogens (tertiary/aromatic N) is 3. The first-order valence-corrected chi connectivity index (χ1v) is 10.6. The molecule has 3 heterocycles. The van der Waals surface area contributed by atoms with Crippen LogP contribution in [0.1, 0.15) is 36.0 Å². The Morgan fingerprint density at radius 2 is 1.97 bits per heavy atom. The molecule has 1 saturated heterocycles. The van der Waals surface area contributed by atoms with Crippen LogP contribution in [0.2, 0.25) is 0 Å². The van der Waals surface area contributed by atoms with E-state index >= 15 is 0 Å². The predicted octanol–water partition coefficient (Wildman–Crippen LogP) is 1.98. The van der Waals surface area contributed by atoms with E-state index in [4.69, 9.17) is 16.2 Å². The van der Waals surface area contributed by atoms with Crippen LogP contribution < -0.4 is 27.0 Å². The molecule has 2 atom stereocenters. The van der Waals surface area contributed by atoms with Crippen LogP contribution in [-0.4, -0.2) is 54.3 Å². The molecular weight excluding hydrogens is 401 g/mol. The maximum atomic E-state index is 14.6. The van der Waals surface area contributed by atoms with Crippen molar-refractivity contribution in [3.8, 4) is 0 Å². The second-order valence-electron chi connectivity index (χ2n) is 7.91. The standard InChI is InChI=1S/C21H28FN7O2/c22-15-11-14(19(24)30)20(28-21(15)27-17-4-2-1-3-16(17)23)26-13-5-6-18(25-12-13)29-7-9-31-10-8-29/h5-6,11-12,16-17H,1-4,7-10,23H2,(H2,24,30)(H2,26,27,28)/t16-,17+/m0/s1. The molecule has 4 rings (SSSR count). The van der Waals surface area contributed by atoms with Crippen molar-refractivity contribution >= 4 is 29.0 Å². The van der Waals surface area contributed by atoms with E-state index < -0.39 is 11.7 Å². The van der Waals surface area contributed by atoms with Crippen molar-refractivity contribution < 1.29 is 13.9 Å². The largest absolute Gasteiger partial charge is 0.378 e. The number of amides is 1. The summed E-state index contributed by atoms with van der Waals surface area (Å²) in [6.07, 6.45) is 5.46. The third kappa shape index (κ3) is 5.02. The number of pyridine rings is 2. The number of ether oxygens (including phenoxy) is 1. The fraction of sp³-hybridized carbons (Fsp3) is 0.476. The number of carbonyl (C=O) groups excluding carboxylic acids is 1. The lowest BCUT2D eigenvalue weighted by atomic mass is 9.91. The van der Waals surface area contributed by atoms with Gasteiger partial charge in [0, 0.05) is 25.2 Å². The molecule has 2 aliphatic rings. The number of morpholine rings is 1. The Hall–Kier alpha value is -2.98. The minimum atomic E-state index is -0.771. The van der Waals surface area contributed by atoms with Gasteiger partial charge < -0.3 is 31.7 Å². The molecule has 1 amide bonds. The molecule has 1 aliphatic heterocycles. The molecule has 0 spiro atoms. The summed E-state index contributed by atoms with van der Waals surface area (Å²) in [5, 5.41) is 6.15. The first kappa shape index (κ1) is 21.3. The average molecular weight is 430 g/mol. The predicted molar refractivity (Wildman–Crippen MR) is 117 cm³/mol. The Bertz CT molecular complexity index is 919. The van der Waals surface area contributed by atoms with Crippen LogP contribution in [0.5, 0.6) is 0 Å². The number of hydrogen-bond donors (Lipinski definition) is 4. The summed E-state index contributed by atoms with van der Waals surface area (Å²) in [5.74, 6) is -0.357. The number of primary amides is 1. The van der Waals surface area contributed by atoms with Gasteiger partial charge in [0.05, 0.1) is 30.7 Å². The molecule has 0 aromatic carbocycles. The van der Waals surface area contributed by atoms with E-state index in [9.17, 15) is 9.18 Å². The van der Waals surface area contributed by atoms with Gasteiger partial charge >= 0.3 is 0 Å². The molecule has 31 heavy (non-hydrogen) atoms. The highest BCUT2D eigenvalue weighted by atomic mass is 19.1. The fourth-order valence-corrected chi connectivity index (χ4v) is 3.96. The Kier molecular flexibility index (Phi) is 6.47. The van der Waals surface area contributed by atoms with Crippen molar-refractivity contribution in [3.63, 3.8) is 0 Å². The average Bonchev–Trinajstić information content (AvgIpc) is 2.78. The second-order valence-corrected chi connectivity index (χ2v) is 7.91. The van der Waals surface area contributed by atoms with Crippen molar-refractivity contribution in [2.24, 2.45) is 11.5 Å². The van der Waals surface area contributed by atoms with Crippen molar-refractivity contribution in [2.45, 2.75) is 37.8 Å². The van der Waals surface area contributed by atoms with Gasteiger partial charge in [-0.3, -0.25) is 4.79 Å². The molecule has 0 bridgehead atoms. The number of aromatic nitrogens is 2. The molecule has 6 N–H and O–H groups in total. The lowest BCUT2D eigenvalue weighted by Gasteiger charge is -2.30. The summed E-state index contributed by atoms with van der Waals surface area (Å²) >= 11 is 0. The molecule has 166 valence electrons. The molecule has 0 unspecified atom stereocenters. The minimum absolute atomic E-state index is 0.0340. The molecule has 9 nitrogen and oxygen atoms in total. The number of rotatable bonds is 6. The monoisotopic (exact) mass is 429 g/mol. The third-order valence-electron chi connectivity index (χ3n) is 5.73. The van der Waals surface area contributed by atoms with Gasteiger partial charge in [-0.1, -0.05) is 12.8 Å². The third-order valence-corrected chi connectivity index (χ3v) is 5.73. The number of halogens is 1. The van der Waals surface area contributed by atoms with E-state index in [1.807, 2.05) is 12.1 Å². The lowest BCUT2D eigenvalue weighted by molar-refractivity contribution is 0.100. The summed E-state index contributed by atoms with van der Waals surface area (Å²) in [5.41, 5.74) is 12.2. The molecule has 2 aromatic rings. The van der Waals surface area contributed by atoms with E-state index in [0.717, 1.165) is 50.7 Å². The summed E-state index contributed by atoms with van der Waals surface area (Å²) in [4.78, 5) is 22.8. The van der Waals surface area contributed by atoms with Gasteiger partial charge in [0.25, 0.3) is 5.91 Å². The van der Waals surface area contributed by atoms with Gasteiger partial charge in [0.15, 0.2) is 11.6 Å². The highest BCUT2D eigenvalue weighted by Crippen LogP contribution is 2.27. The number of anilines is 4. The van der Waals surface area contributed by atoms with Crippen molar-refractivity contribution in [3.05, 3.63) is 35.8 Å². The zero-order valence-corrected chi connectivity index (χ0v) is 17.3. The minimum Gasteiger partial charge on any atom is -0.378 e. The van der Waals surface area contributed by atoms with Gasteiger partial charge in [-0.2, -0.15) is 0 Å². The van der Waals surface area contributed by atoms with Gasteiger partial charge in [0.1, 0.15) is 11.6 Å². The molecule has 1 aliphatic carbocycles. The molecule has 1 saturated carbocycles. The Morgan fingerprint density at radius 3 is 2.65 bits per heavy atom. The first-order valence-electron chi connectivity index (χ1n) is 10.6. The smallest absolute Gasteiger partial charge is 0.252 e. The Morgan fingerprint density at radius 1 is 1.19 bits per heavy atom. The topological polar surface area (TPSA) is 131 Å². The Balaban J connectivity index is 1.55. The quantitative estimate of drug-likeness (QED) is 0.548. The fourth-order valence-electron chi connectivity index (χ4n) is 3.96. The summed E-state index contributed by atoms with van der Waals surface area (Å²) in [7, 11) is 0. The van der Waals surface area contributed by atoms with Crippen LogP contribution in [0.15, 0.2) is 24.4 Å². The maximum absolute atomic E-state index is 14.6. The van der Waals surface area contributed by atoms with Crippen molar-refractivity contribution in [2.75, 3.05) is 41.8 Å². The normalized spacial score (nSPS) is 21.5. The molecule has 2 fully saturated rings. The number of carbonyl (C=O) groups is 1. The maximum Gasteiger partial charge on any atom is 0.252 e. The van der Waals surface area contributed by atoms with E-state index in [0.29, 0.717) is 18.9 Å². The number of hydrogen-bond acceptors (Lipinski definition) is 8. The number of nitrogens with two attached hydrogens (primary N) is 2. The molecule has 2 aromatic heterocycles. The van der Waals surface area contributed by atoms with Gasteiger partial charge in [-0.05, 0) is 31.0 Å². The van der Waals surface area contributed by atoms with E-state index in [1.165, 1.54) is 0 Å². The van der Waals surface area contributed by atoms with Crippen LogP contribution in [0, 0.1) is 5.82 Å². The van der Waals surface area contributed by atoms with E-state index in [-0.39, 0.29) is 29.3 Å². The first-order chi connectivity index (χ1) is 15.0. The van der Waals surface area contributed by atoms with Crippen molar-refractivity contribution in [1.82, 2.24) is 9.97 Å². The van der Waals surface area contributed by atoms with Crippen LogP contribution >= 0.6 is 0 Å².